The second-order valence-electron chi connectivity index (χ2n) is 2.21. The van der Waals surface area contributed by atoms with Crippen LogP contribution in [0.25, 0.3) is 11.0 Å². The minimum absolute atomic E-state index is 0.521. The highest BCUT2D eigenvalue weighted by Crippen LogP contribution is 2.20. The fourth-order valence-electron chi connectivity index (χ4n) is 0.892. The predicted molar refractivity (Wildman–Crippen MR) is 50.0 cm³/mol. The lowest BCUT2D eigenvalue weighted by Gasteiger charge is -1.96. The van der Waals surface area contributed by atoms with Gasteiger partial charge in [-0.25, -0.2) is 0 Å². The van der Waals surface area contributed by atoms with E-state index in [0.717, 1.165) is 4.47 Å². The van der Waals surface area contributed by atoms with Crippen LogP contribution in [0.15, 0.2) is 22.9 Å². The van der Waals surface area contributed by atoms with Gasteiger partial charge in [-0.3, -0.25) is 4.98 Å². The molecule has 0 spiro atoms. The molecule has 0 radical (unpaired) electrons. The Morgan fingerprint density at radius 3 is 3.00 bits per heavy atom. The number of hydrogen-bond acceptors (Lipinski definition) is 3. The molecule has 0 saturated heterocycles. The molecule has 2 heterocycles. The highest BCUT2D eigenvalue weighted by molar-refractivity contribution is 9.10. The molecular weight excluding hydrogens is 241 g/mol. The maximum atomic E-state index is 5.83. The molecule has 0 unspecified atom stereocenters. The van der Waals surface area contributed by atoms with Gasteiger partial charge in [-0.15, -0.1) is 5.10 Å². The van der Waals surface area contributed by atoms with Crippen molar-refractivity contribution in [3.63, 3.8) is 0 Å². The van der Waals surface area contributed by atoms with E-state index in [0.29, 0.717) is 16.1 Å². The van der Waals surface area contributed by atoms with Gasteiger partial charge in [-0.2, -0.15) is 5.10 Å². The van der Waals surface area contributed by atoms with Crippen molar-refractivity contribution in [2.75, 3.05) is 0 Å². The lowest BCUT2D eigenvalue weighted by atomic mass is 10.3. The van der Waals surface area contributed by atoms with Gasteiger partial charge in [0.1, 0.15) is 11.0 Å². The number of hydrogen-bond donors (Lipinski definition) is 0. The maximum absolute atomic E-state index is 5.83. The third-order valence-corrected chi connectivity index (χ3v) is 2.11. The van der Waals surface area contributed by atoms with Crippen molar-refractivity contribution < 1.29 is 0 Å². The molecular formula is C7H3BrClN3. The van der Waals surface area contributed by atoms with Crippen molar-refractivity contribution in [2.24, 2.45) is 0 Å². The van der Waals surface area contributed by atoms with E-state index in [4.69, 9.17) is 11.6 Å². The lowest BCUT2D eigenvalue weighted by molar-refractivity contribution is 1.07. The molecule has 0 aromatic carbocycles. The van der Waals surface area contributed by atoms with E-state index in [1.807, 2.05) is 6.07 Å². The molecule has 0 bridgehead atoms. The summed E-state index contributed by atoms with van der Waals surface area (Å²) in [5.41, 5.74) is 1.37. The van der Waals surface area contributed by atoms with Gasteiger partial charge in [0.25, 0.3) is 0 Å². The Bertz CT molecular complexity index is 432. The van der Waals surface area contributed by atoms with Crippen LogP contribution < -0.4 is 0 Å². The summed E-state index contributed by atoms with van der Waals surface area (Å²) >= 11 is 9.11. The Balaban J connectivity index is 2.86. The van der Waals surface area contributed by atoms with Crippen molar-refractivity contribution in [2.45, 2.75) is 0 Å². The smallest absolute Gasteiger partial charge is 0.114 e. The summed E-state index contributed by atoms with van der Waals surface area (Å²) in [5, 5.41) is 8.11. The zero-order valence-corrected chi connectivity index (χ0v) is 8.17. The minimum atomic E-state index is 0.521. The van der Waals surface area contributed by atoms with Gasteiger partial charge in [0.2, 0.25) is 0 Å². The van der Waals surface area contributed by atoms with Crippen molar-refractivity contribution in [3.05, 3.63) is 28.0 Å². The van der Waals surface area contributed by atoms with Crippen molar-refractivity contribution in [1.82, 2.24) is 15.2 Å². The number of aromatic nitrogens is 3. The molecule has 0 fully saturated rings. The highest BCUT2D eigenvalue weighted by Gasteiger charge is 2.01. The summed E-state index contributed by atoms with van der Waals surface area (Å²) in [6, 6.07) is 1.82. The number of nitrogens with zero attached hydrogens (tertiary/aromatic N) is 3. The van der Waals surface area contributed by atoms with E-state index in [1.165, 1.54) is 6.20 Å². The molecule has 12 heavy (non-hydrogen) atoms. The summed E-state index contributed by atoms with van der Waals surface area (Å²) in [4.78, 5) is 4.10. The van der Waals surface area contributed by atoms with Crippen LogP contribution in [0.4, 0.5) is 0 Å². The zero-order valence-electron chi connectivity index (χ0n) is 5.83. The first-order chi connectivity index (χ1) is 5.77. The summed E-state index contributed by atoms with van der Waals surface area (Å²) in [6.07, 6.45) is 3.15. The van der Waals surface area contributed by atoms with Crippen LogP contribution in [0.3, 0.4) is 0 Å². The van der Waals surface area contributed by atoms with Gasteiger partial charge < -0.3 is 0 Å². The Hall–Kier alpha value is -0.740. The van der Waals surface area contributed by atoms with E-state index in [1.54, 1.807) is 6.20 Å². The first kappa shape index (κ1) is 7.89. The van der Waals surface area contributed by atoms with Gasteiger partial charge >= 0.3 is 0 Å². The first-order valence-corrected chi connectivity index (χ1v) is 4.37. The van der Waals surface area contributed by atoms with Crippen molar-refractivity contribution in [3.8, 4) is 0 Å². The van der Waals surface area contributed by atoms with Crippen LogP contribution in [0.2, 0.25) is 5.02 Å². The summed E-state index contributed by atoms with van der Waals surface area (Å²) in [5.74, 6) is 0. The third kappa shape index (κ3) is 1.28. The van der Waals surface area contributed by atoms with Crippen LogP contribution >= 0.6 is 27.5 Å². The van der Waals surface area contributed by atoms with E-state index in [-0.39, 0.29) is 0 Å². The Labute approximate surface area is 81.9 Å². The Morgan fingerprint density at radius 1 is 1.33 bits per heavy atom. The van der Waals surface area contributed by atoms with Crippen LogP contribution in [-0.2, 0) is 0 Å². The zero-order chi connectivity index (χ0) is 8.55. The minimum Gasteiger partial charge on any atom is -0.252 e. The maximum Gasteiger partial charge on any atom is 0.114 e. The van der Waals surface area contributed by atoms with Crippen molar-refractivity contribution in [1.29, 1.82) is 0 Å². The second kappa shape index (κ2) is 2.95. The number of halogens is 2. The SMILES string of the molecule is Clc1cnnc2cc(Br)cnc12. The summed E-state index contributed by atoms with van der Waals surface area (Å²) in [6.45, 7) is 0. The molecule has 0 saturated carbocycles. The molecule has 5 heteroatoms. The fourth-order valence-corrected chi connectivity index (χ4v) is 1.40. The quantitative estimate of drug-likeness (QED) is 0.714. The number of pyridine rings is 1. The molecule has 0 aliphatic rings. The highest BCUT2D eigenvalue weighted by atomic mass is 79.9. The van der Waals surface area contributed by atoms with Crippen LogP contribution in [0.5, 0.6) is 0 Å². The third-order valence-electron chi connectivity index (χ3n) is 1.40. The molecule has 60 valence electrons. The molecule has 0 N–H and O–H groups in total. The average Bonchev–Trinajstić information content (AvgIpc) is 2.04. The molecule has 2 rings (SSSR count). The summed E-state index contributed by atoms with van der Waals surface area (Å²) in [7, 11) is 0. The standard InChI is InChI=1S/C7H3BrClN3/c8-4-1-6-7(10-2-4)5(9)3-11-12-6/h1-3H. The average molecular weight is 244 g/mol. The predicted octanol–water partition coefficient (Wildman–Crippen LogP) is 2.44. The molecule has 0 aliphatic carbocycles. The summed E-state index contributed by atoms with van der Waals surface area (Å²) < 4.78 is 0.867. The van der Waals surface area contributed by atoms with Gasteiger partial charge in [-0.05, 0) is 22.0 Å². The Morgan fingerprint density at radius 2 is 2.17 bits per heavy atom. The van der Waals surface area contributed by atoms with Gasteiger partial charge in [0, 0.05) is 10.7 Å². The number of fused-ring (bicyclic) bond motifs is 1. The second-order valence-corrected chi connectivity index (χ2v) is 3.54. The van der Waals surface area contributed by atoms with Crippen LogP contribution in [0.1, 0.15) is 0 Å². The normalized spacial score (nSPS) is 10.5. The number of rotatable bonds is 0. The van der Waals surface area contributed by atoms with Crippen LogP contribution in [0, 0.1) is 0 Å². The van der Waals surface area contributed by atoms with Gasteiger partial charge in [0.05, 0.1) is 11.2 Å². The molecule has 0 atom stereocenters. The van der Waals surface area contributed by atoms with E-state index in [9.17, 15) is 0 Å². The topological polar surface area (TPSA) is 38.7 Å². The lowest BCUT2D eigenvalue weighted by Crippen LogP contribution is -1.86. The molecule has 2 aromatic rings. The molecule has 3 nitrogen and oxygen atoms in total. The van der Waals surface area contributed by atoms with E-state index >= 15 is 0 Å². The Kier molecular flexibility index (Phi) is 1.94. The first-order valence-electron chi connectivity index (χ1n) is 3.20. The van der Waals surface area contributed by atoms with Crippen molar-refractivity contribution >= 4 is 38.6 Å². The fraction of sp³-hybridized carbons (Fsp3) is 0. The molecule has 0 aliphatic heterocycles. The van der Waals surface area contributed by atoms with Gasteiger partial charge in [0.15, 0.2) is 0 Å². The molecule has 0 amide bonds. The van der Waals surface area contributed by atoms with E-state index in [2.05, 4.69) is 31.1 Å². The monoisotopic (exact) mass is 243 g/mol. The van der Waals surface area contributed by atoms with Gasteiger partial charge in [-0.1, -0.05) is 11.6 Å². The van der Waals surface area contributed by atoms with Crippen LogP contribution in [-0.4, -0.2) is 15.2 Å². The molecule has 2 aromatic heterocycles. The van der Waals surface area contributed by atoms with E-state index < -0.39 is 0 Å². The largest absolute Gasteiger partial charge is 0.252 e.